The zero-order chi connectivity index (χ0) is 21.3. The van der Waals surface area contributed by atoms with Crippen LogP contribution in [0.3, 0.4) is 0 Å². The summed E-state index contributed by atoms with van der Waals surface area (Å²) in [6.07, 6.45) is -2.63. The Bertz CT molecular complexity index is 829. The maximum Gasteiger partial charge on any atom is 0.422 e. The van der Waals surface area contributed by atoms with Gasteiger partial charge in [-0.2, -0.15) is 13.2 Å². The van der Waals surface area contributed by atoms with Crippen molar-refractivity contribution in [3.05, 3.63) is 58.7 Å². The summed E-state index contributed by atoms with van der Waals surface area (Å²) >= 11 is 5.76. The van der Waals surface area contributed by atoms with Crippen molar-refractivity contribution in [2.45, 2.75) is 25.6 Å². The lowest BCUT2D eigenvalue weighted by atomic mass is 10.2. The third-order valence-corrected chi connectivity index (χ3v) is 3.92. The first-order valence-electron chi connectivity index (χ1n) is 8.68. The lowest BCUT2D eigenvalue weighted by Crippen LogP contribution is -2.27. The van der Waals surface area contributed by atoms with Gasteiger partial charge in [0.1, 0.15) is 0 Å². The molecule has 0 fully saturated rings. The van der Waals surface area contributed by atoms with E-state index in [9.17, 15) is 22.8 Å². The molecule has 0 saturated carbocycles. The summed E-state index contributed by atoms with van der Waals surface area (Å²) in [6.45, 7) is -1.18. The number of aromatic nitrogens is 1. The van der Waals surface area contributed by atoms with Gasteiger partial charge in [0.15, 0.2) is 6.61 Å². The van der Waals surface area contributed by atoms with Gasteiger partial charge in [-0.1, -0.05) is 17.7 Å². The molecule has 2 N–H and O–H groups in total. The Balaban J connectivity index is 1.71. The quantitative estimate of drug-likeness (QED) is 0.598. The van der Waals surface area contributed by atoms with Crippen LogP contribution in [0.5, 0.6) is 5.88 Å². The molecule has 0 saturated heterocycles. The van der Waals surface area contributed by atoms with Gasteiger partial charge in [-0.3, -0.25) is 9.59 Å². The summed E-state index contributed by atoms with van der Waals surface area (Å²) in [5.74, 6) is -0.763. The van der Waals surface area contributed by atoms with Gasteiger partial charge >= 0.3 is 6.18 Å². The number of halogens is 4. The molecule has 0 spiro atoms. The van der Waals surface area contributed by atoms with Crippen LogP contribution in [-0.2, 0) is 11.3 Å². The highest BCUT2D eigenvalue weighted by atomic mass is 35.5. The van der Waals surface area contributed by atoms with Crippen molar-refractivity contribution in [1.82, 2.24) is 15.6 Å². The van der Waals surface area contributed by atoms with Crippen molar-refractivity contribution in [2.24, 2.45) is 0 Å². The topological polar surface area (TPSA) is 80.3 Å². The first-order chi connectivity index (χ1) is 13.7. The molecule has 0 bridgehead atoms. The smallest absolute Gasteiger partial charge is 0.422 e. The molecular weight excluding hydrogens is 411 g/mol. The van der Waals surface area contributed by atoms with Crippen LogP contribution in [0, 0.1) is 0 Å². The lowest BCUT2D eigenvalue weighted by molar-refractivity contribution is -0.154. The second kappa shape index (κ2) is 10.7. The predicted octanol–water partition coefficient (Wildman–Crippen LogP) is 3.50. The van der Waals surface area contributed by atoms with Crippen molar-refractivity contribution in [3.8, 4) is 5.88 Å². The van der Waals surface area contributed by atoms with Gasteiger partial charge in [-0.05, 0) is 36.8 Å². The highest BCUT2D eigenvalue weighted by molar-refractivity contribution is 6.30. The maximum atomic E-state index is 12.3. The molecule has 2 aromatic rings. The van der Waals surface area contributed by atoms with Crippen LogP contribution >= 0.6 is 11.6 Å². The molecule has 0 aliphatic carbocycles. The Labute approximate surface area is 170 Å². The van der Waals surface area contributed by atoms with Crippen molar-refractivity contribution in [2.75, 3.05) is 13.2 Å². The summed E-state index contributed by atoms with van der Waals surface area (Å²) in [5, 5.41) is 5.81. The van der Waals surface area contributed by atoms with Crippen molar-refractivity contribution < 1.29 is 27.5 Å². The second-order valence-electron chi connectivity index (χ2n) is 6.01. The summed E-state index contributed by atoms with van der Waals surface area (Å²) in [7, 11) is 0. The number of nitrogens with one attached hydrogen (secondary N) is 2. The van der Waals surface area contributed by atoms with Gasteiger partial charge in [0.05, 0.1) is 0 Å². The van der Waals surface area contributed by atoms with E-state index in [0.29, 0.717) is 29.1 Å². The summed E-state index contributed by atoms with van der Waals surface area (Å²) in [5.41, 5.74) is 0.794. The van der Waals surface area contributed by atoms with Gasteiger partial charge in [-0.25, -0.2) is 4.98 Å². The molecule has 0 radical (unpaired) electrons. The predicted molar refractivity (Wildman–Crippen MR) is 101 cm³/mol. The number of carbonyl (C=O) groups is 2. The van der Waals surface area contributed by atoms with Crippen LogP contribution in [0.2, 0.25) is 5.02 Å². The molecule has 2 amide bonds. The number of benzene rings is 1. The molecule has 1 aromatic heterocycles. The summed E-state index contributed by atoms with van der Waals surface area (Å²) in [4.78, 5) is 27.6. The molecule has 0 aliphatic heterocycles. The third-order valence-electron chi connectivity index (χ3n) is 3.67. The van der Waals surface area contributed by atoms with Crippen LogP contribution in [0.25, 0.3) is 0 Å². The summed E-state index contributed by atoms with van der Waals surface area (Å²) < 4.78 is 41.5. The Kier molecular flexibility index (Phi) is 8.26. The van der Waals surface area contributed by atoms with Crippen molar-refractivity contribution in [1.29, 1.82) is 0 Å². The second-order valence-corrected chi connectivity index (χ2v) is 6.45. The molecule has 0 aliphatic rings. The normalized spacial score (nSPS) is 11.0. The number of carbonyl (C=O) groups excluding carboxylic acids is 2. The Hall–Kier alpha value is -2.81. The number of alkyl halides is 3. The van der Waals surface area contributed by atoms with Gasteiger partial charge in [0.2, 0.25) is 11.8 Å². The highest BCUT2D eigenvalue weighted by Gasteiger charge is 2.29. The number of hydrogen-bond donors (Lipinski definition) is 2. The van der Waals surface area contributed by atoms with Crippen molar-refractivity contribution in [3.63, 3.8) is 0 Å². The van der Waals surface area contributed by atoms with E-state index >= 15 is 0 Å². The van der Waals surface area contributed by atoms with E-state index in [1.165, 1.54) is 18.3 Å². The zero-order valence-corrected chi connectivity index (χ0v) is 16.0. The van der Waals surface area contributed by atoms with Crippen LogP contribution in [0.4, 0.5) is 13.2 Å². The Morgan fingerprint density at radius 2 is 1.83 bits per heavy atom. The number of ether oxygens (including phenoxy) is 1. The van der Waals surface area contributed by atoms with E-state index in [2.05, 4.69) is 20.4 Å². The van der Waals surface area contributed by atoms with E-state index in [1.807, 2.05) is 0 Å². The molecule has 29 heavy (non-hydrogen) atoms. The largest absolute Gasteiger partial charge is 0.468 e. The van der Waals surface area contributed by atoms with Gasteiger partial charge in [-0.15, -0.1) is 0 Å². The molecule has 0 unspecified atom stereocenters. The molecule has 1 heterocycles. The van der Waals surface area contributed by atoms with Crippen molar-refractivity contribution >= 4 is 23.4 Å². The Morgan fingerprint density at radius 3 is 2.52 bits per heavy atom. The number of nitrogens with zero attached hydrogens (tertiary/aromatic N) is 1. The zero-order valence-electron chi connectivity index (χ0n) is 15.3. The first-order valence-corrected chi connectivity index (χ1v) is 9.06. The number of pyridine rings is 1. The average Bonchev–Trinajstić information content (AvgIpc) is 2.68. The van der Waals surface area contributed by atoms with E-state index in [-0.39, 0.29) is 30.7 Å². The lowest BCUT2D eigenvalue weighted by Gasteiger charge is -2.12. The minimum absolute atomic E-state index is 0.0169. The molecule has 156 valence electrons. The number of rotatable bonds is 9. The van der Waals surface area contributed by atoms with Gasteiger partial charge in [0, 0.05) is 41.9 Å². The molecule has 10 heteroatoms. The fraction of sp³-hybridized carbons (Fsp3) is 0.316. The third kappa shape index (κ3) is 8.39. The van der Waals surface area contributed by atoms with Crippen LogP contribution < -0.4 is 15.4 Å². The van der Waals surface area contributed by atoms with E-state index in [1.54, 1.807) is 24.3 Å². The van der Waals surface area contributed by atoms with E-state index in [4.69, 9.17) is 11.6 Å². The SMILES string of the molecule is O=C(CCCNC(=O)c1ccc(Cl)cc1)NCc1cccnc1OCC(F)(F)F. The fourth-order valence-corrected chi connectivity index (χ4v) is 2.40. The number of hydrogen-bond acceptors (Lipinski definition) is 4. The molecule has 6 nitrogen and oxygen atoms in total. The fourth-order valence-electron chi connectivity index (χ4n) is 2.28. The van der Waals surface area contributed by atoms with Crippen LogP contribution in [0.15, 0.2) is 42.6 Å². The minimum Gasteiger partial charge on any atom is -0.468 e. The molecule has 2 rings (SSSR count). The average molecular weight is 430 g/mol. The molecular formula is C19H19ClF3N3O3. The van der Waals surface area contributed by atoms with Crippen LogP contribution in [-0.4, -0.2) is 36.1 Å². The monoisotopic (exact) mass is 429 g/mol. The highest BCUT2D eigenvalue weighted by Crippen LogP contribution is 2.19. The Morgan fingerprint density at radius 1 is 1.10 bits per heavy atom. The standard InChI is InChI=1S/C19H19ClF3N3O3/c20-15-7-5-13(6-8-15)17(28)24-9-2-4-16(27)26-11-14-3-1-10-25-18(14)29-12-19(21,22)23/h1,3,5-8,10H,2,4,9,11-12H2,(H,24,28)(H,26,27). The van der Waals surface area contributed by atoms with Gasteiger partial charge in [0.25, 0.3) is 5.91 Å². The minimum atomic E-state index is -4.48. The maximum absolute atomic E-state index is 12.3. The van der Waals surface area contributed by atoms with E-state index < -0.39 is 12.8 Å². The van der Waals surface area contributed by atoms with Gasteiger partial charge < -0.3 is 15.4 Å². The first kappa shape index (κ1) is 22.5. The van der Waals surface area contributed by atoms with Crippen LogP contribution in [0.1, 0.15) is 28.8 Å². The molecule has 1 aromatic carbocycles. The summed E-state index contributed by atoms with van der Waals surface area (Å²) in [6, 6.07) is 9.46. The van der Waals surface area contributed by atoms with E-state index in [0.717, 1.165) is 0 Å². The molecule has 0 atom stereocenters. The number of amides is 2.